The molecule has 3 rings (SSSR count). The third-order valence-corrected chi connectivity index (χ3v) is 4.30. The molecule has 114 valence electrons. The van der Waals surface area contributed by atoms with Crippen molar-refractivity contribution in [2.45, 2.75) is 13.3 Å². The fourth-order valence-corrected chi connectivity index (χ4v) is 2.77. The van der Waals surface area contributed by atoms with Crippen LogP contribution >= 0.6 is 11.6 Å². The van der Waals surface area contributed by atoms with Gasteiger partial charge in [-0.2, -0.15) is 0 Å². The number of benzene rings is 2. The third kappa shape index (κ3) is 3.35. The zero-order valence-electron chi connectivity index (χ0n) is 12.9. The van der Waals surface area contributed by atoms with Gasteiger partial charge in [0.15, 0.2) is 5.78 Å². The molecule has 0 bridgehead atoms. The molecule has 23 heavy (non-hydrogen) atoms. The number of hydrogen-bond donors (Lipinski definition) is 0. The molecule has 0 radical (unpaired) electrons. The zero-order valence-corrected chi connectivity index (χ0v) is 13.7. The van der Waals surface area contributed by atoms with Crippen LogP contribution in [0.15, 0.2) is 78.4 Å². The number of carbonyl (C=O) groups is 1. The highest BCUT2D eigenvalue weighted by atomic mass is 35.5. The second-order valence-corrected chi connectivity index (χ2v) is 5.93. The molecule has 2 aromatic rings. The molecule has 0 aromatic heterocycles. The fraction of sp³-hybridized carbons (Fsp3) is 0.0952. The number of allylic oxidation sites excluding steroid dienone is 6. The molecular weight excluding hydrogens is 304 g/mol. The molecule has 0 saturated heterocycles. The molecule has 2 aromatic carbocycles. The van der Waals surface area contributed by atoms with Crippen molar-refractivity contribution in [3.05, 3.63) is 100 Å². The van der Waals surface area contributed by atoms with Gasteiger partial charge in [0, 0.05) is 16.2 Å². The van der Waals surface area contributed by atoms with Gasteiger partial charge in [0.25, 0.3) is 0 Å². The average Bonchev–Trinajstić information content (AvgIpc) is 2.83. The summed E-state index contributed by atoms with van der Waals surface area (Å²) in [6, 6.07) is 15.3. The van der Waals surface area contributed by atoms with E-state index >= 15 is 0 Å². The van der Waals surface area contributed by atoms with E-state index in [1.54, 1.807) is 0 Å². The van der Waals surface area contributed by atoms with E-state index in [0.717, 1.165) is 23.1 Å². The van der Waals surface area contributed by atoms with Gasteiger partial charge in [-0.05, 0) is 36.1 Å². The molecule has 1 aliphatic rings. The highest BCUT2D eigenvalue weighted by Gasteiger charge is 2.16. The number of hydrogen-bond acceptors (Lipinski definition) is 1. The summed E-state index contributed by atoms with van der Waals surface area (Å²) < 4.78 is 0. The monoisotopic (exact) mass is 320 g/mol. The van der Waals surface area contributed by atoms with Crippen molar-refractivity contribution in [1.29, 1.82) is 0 Å². The van der Waals surface area contributed by atoms with E-state index in [1.807, 2.05) is 73.7 Å². The summed E-state index contributed by atoms with van der Waals surface area (Å²) >= 11 is 6.27. The van der Waals surface area contributed by atoms with Crippen LogP contribution in [0.5, 0.6) is 0 Å². The van der Waals surface area contributed by atoms with Crippen LogP contribution < -0.4 is 0 Å². The Hall–Kier alpha value is -2.38. The van der Waals surface area contributed by atoms with Crippen molar-refractivity contribution in [2.75, 3.05) is 0 Å². The number of carbonyl (C=O) groups excluding carboxylic acids is 1. The Balaban J connectivity index is 2.15. The molecule has 0 fully saturated rings. The van der Waals surface area contributed by atoms with Gasteiger partial charge in [0.2, 0.25) is 0 Å². The first-order chi connectivity index (χ1) is 11.2. The smallest absolute Gasteiger partial charge is 0.193 e. The minimum atomic E-state index is 0.0279. The number of aryl methyl sites for hydroxylation is 1. The second kappa shape index (κ2) is 6.80. The summed E-state index contributed by atoms with van der Waals surface area (Å²) in [5.74, 6) is 0.0279. The Morgan fingerprint density at radius 3 is 2.48 bits per heavy atom. The first kappa shape index (κ1) is 15.5. The fourth-order valence-electron chi connectivity index (χ4n) is 2.59. The molecule has 0 saturated carbocycles. The molecule has 0 unspecified atom stereocenters. The SMILES string of the molecule is Cc1ccc(C2=C(C(=O)c3ccccc3)C=CCC=C2)cc1Cl. The van der Waals surface area contributed by atoms with Crippen LogP contribution in [0.3, 0.4) is 0 Å². The molecular formula is C21H17ClO. The van der Waals surface area contributed by atoms with E-state index in [2.05, 4.69) is 6.08 Å². The summed E-state index contributed by atoms with van der Waals surface area (Å²) in [6.07, 6.45) is 8.81. The second-order valence-electron chi connectivity index (χ2n) is 5.53. The Bertz CT molecular complexity index is 826. The van der Waals surface area contributed by atoms with Crippen LogP contribution in [0.1, 0.15) is 27.9 Å². The van der Waals surface area contributed by atoms with Crippen molar-refractivity contribution in [2.24, 2.45) is 0 Å². The largest absolute Gasteiger partial charge is 0.289 e. The highest BCUT2D eigenvalue weighted by Crippen LogP contribution is 2.29. The van der Waals surface area contributed by atoms with Gasteiger partial charge in [0.1, 0.15) is 0 Å². The summed E-state index contributed by atoms with van der Waals surface area (Å²) in [5, 5.41) is 0.711. The van der Waals surface area contributed by atoms with Gasteiger partial charge >= 0.3 is 0 Å². The van der Waals surface area contributed by atoms with Crippen LogP contribution in [0.25, 0.3) is 5.57 Å². The molecule has 0 atom stereocenters. The van der Waals surface area contributed by atoms with Crippen LogP contribution in [-0.2, 0) is 0 Å². The standard InChI is InChI=1S/C21H17ClO/c1-15-12-13-17(14-20(15)22)18-10-6-3-7-11-19(18)21(23)16-8-4-2-5-9-16/h2,4-14H,3H2,1H3. The molecule has 0 heterocycles. The van der Waals surface area contributed by atoms with Crippen LogP contribution in [-0.4, -0.2) is 5.78 Å². The molecule has 1 aliphatic carbocycles. The minimum absolute atomic E-state index is 0.0279. The van der Waals surface area contributed by atoms with Crippen molar-refractivity contribution >= 4 is 23.0 Å². The van der Waals surface area contributed by atoms with Gasteiger partial charge in [0.05, 0.1) is 0 Å². The minimum Gasteiger partial charge on any atom is -0.289 e. The van der Waals surface area contributed by atoms with E-state index in [-0.39, 0.29) is 5.78 Å². The lowest BCUT2D eigenvalue weighted by molar-refractivity contribution is 0.103. The van der Waals surface area contributed by atoms with Gasteiger partial charge in [-0.25, -0.2) is 0 Å². The lowest BCUT2D eigenvalue weighted by Gasteiger charge is -2.10. The summed E-state index contributed by atoms with van der Waals surface area (Å²) in [7, 11) is 0. The lowest BCUT2D eigenvalue weighted by Crippen LogP contribution is -2.04. The van der Waals surface area contributed by atoms with Crippen LogP contribution in [0, 0.1) is 6.92 Å². The Morgan fingerprint density at radius 1 is 1.00 bits per heavy atom. The quantitative estimate of drug-likeness (QED) is 0.653. The third-order valence-electron chi connectivity index (χ3n) is 3.89. The lowest BCUT2D eigenvalue weighted by atomic mass is 9.93. The Labute approximate surface area is 141 Å². The maximum absolute atomic E-state index is 12.9. The summed E-state index contributed by atoms with van der Waals surface area (Å²) in [4.78, 5) is 12.9. The summed E-state index contributed by atoms with van der Waals surface area (Å²) in [6.45, 7) is 1.97. The van der Waals surface area contributed by atoms with Crippen LogP contribution in [0.2, 0.25) is 5.02 Å². The molecule has 0 N–H and O–H groups in total. The van der Waals surface area contributed by atoms with Gasteiger partial charge in [-0.15, -0.1) is 0 Å². The van der Waals surface area contributed by atoms with E-state index in [0.29, 0.717) is 16.2 Å². The predicted octanol–water partition coefficient (Wildman–Crippen LogP) is 5.80. The maximum atomic E-state index is 12.9. The van der Waals surface area contributed by atoms with Gasteiger partial charge < -0.3 is 0 Å². The number of Topliss-reactive ketones (excluding diaryl/α,β-unsaturated/α-hetero) is 1. The average molecular weight is 321 g/mol. The molecule has 2 heteroatoms. The number of ketones is 1. The first-order valence-electron chi connectivity index (χ1n) is 7.60. The van der Waals surface area contributed by atoms with E-state index in [4.69, 9.17) is 11.6 Å². The van der Waals surface area contributed by atoms with E-state index in [1.165, 1.54) is 0 Å². The summed E-state index contributed by atoms with van der Waals surface area (Å²) in [5.41, 5.74) is 4.29. The molecule has 1 nitrogen and oxygen atoms in total. The zero-order chi connectivity index (χ0) is 16.2. The molecule has 0 amide bonds. The topological polar surface area (TPSA) is 17.1 Å². The van der Waals surface area contributed by atoms with Crippen LogP contribution in [0.4, 0.5) is 0 Å². The van der Waals surface area contributed by atoms with Crippen molar-refractivity contribution < 1.29 is 4.79 Å². The normalized spacial score (nSPS) is 14.0. The Kier molecular flexibility index (Phi) is 4.59. The van der Waals surface area contributed by atoms with Crippen molar-refractivity contribution in [3.63, 3.8) is 0 Å². The van der Waals surface area contributed by atoms with Gasteiger partial charge in [-0.3, -0.25) is 4.79 Å². The van der Waals surface area contributed by atoms with E-state index in [9.17, 15) is 4.79 Å². The Morgan fingerprint density at radius 2 is 1.74 bits per heavy atom. The highest BCUT2D eigenvalue weighted by molar-refractivity contribution is 6.31. The van der Waals surface area contributed by atoms with Crippen molar-refractivity contribution in [3.8, 4) is 0 Å². The van der Waals surface area contributed by atoms with Gasteiger partial charge in [-0.1, -0.05) is 78.4 Å². The number of halogens is 1. The number of rotatable bonds is 3. The molecule has 0 aliphatic heterocycles. The maximum Gasteiger partial charge on any atom is 0.193 e. The first-order valence-corrected chi connectivity index (χ1v) is 7.98. The van der Waals surface area contributed by atoms with E-state index < -0.39 is 0 Å². The van der Waals surface area contributed by atoms with Crippen molar-refractivity contribution in [1.82, 2.24) is 0 Å². The predicted molar refractivity (Wildman–Crippen MR) is 96.8 cm³/mol. The molecule has 0 spiro atoms.